The van der Waals surface area contributed by atoms with Crippen molar-refractivity contribution in [2.45, 2.75) is 27.3 Å². The van der Waals surface area contributed by atoms with Crippen molar-refractivity contribution in [2.75, 3.05) is 10.6 Å². The summed E-state index contributed by atoms with van der Waals surface area (Å²) in [4.78, 5) is 11.9. The number of carbonyl (C=O) groups is 1. The molecule has 0 radical (unpaired) electrons. The zero-order chi connectivity index (χ0) is 16.2. The summed E-state index contributed by atoms with van der Waals surface area (Å²) >= 11 is 5.84. The zero-order valence-corrected chi connectivity index (χ0v) is 13.6. The van der Waals surface area contributed by atoms with Gasteiger partial charge >= 0.3 is 0 Å². The summed E-state index contributed by atoms with van der Waals surface area (Å²) in [7, 11) is 0. The molecule has 2 aromatic rings. The number of hydrogen-bond donors (Lipinski definition) is 2. The highest BCUT2D eigenvalue weighted by molar-refractivity contribution is 6.30. The summed E-state index contributed by atoms with van der Waals surface area (Å²) in [6.07, 6.45) is 0. The number of benzene rings is 1. The molecule has 1 amide bonds. The summed E-state index contributed by atoms with van der Waals surface area (Å²) < 4.78 is 0. The molecular formula is C16H19ClN4O. The number of anilines is 2. The monoisotopic (exact) mass is 318 g/mol. The van der Waals surface area contributed by atoms with E-state index in [1.807, 2.05) is 45.0 Å². The average Bonchev–Trinajstić information content (AvgIpc) is 2.47. The van der Waals surface area contributed by atoms with E-state index in [4.69, 9.17) is 11.6 Å². The number of carbonyl (C=O) groups excluding carboxylic acids is 1. The maximum Gasteiger partial charge on any atom is 0.230 e. The van der Waals surface area contributed by atoms with Crippen molar-refractivity contribution < 1.29 is 4.79 Å². The molecule has 5 nitrogen and oxygen atoms in total. The molecule has 2 rings (SSSR count). The van der Waals surface area contributed by atoms with Gasteiger partial charge < -0.3 is 10.6 Å². The minimum absolute atomic E-state index is 0.0938. The van der Waals surface area contributed by atoms with E-state index in [0.717, 1.165) is 5.56 Å². The van der Waals surface area contributed by atoms with Crippen LogP contribution in [0.3, 0.4) is 0 Å². The van der Waals surface area contributed by atoms with E-state index in [2.05, 4.69) is 20.8 Å². The normalized spacial score (nSPS) is 11.1. The Morgan fingerprint density at radius 1 is 1.05 bits per heavy atom. The summed E-state index contributed by atoms with van der Waals surface area (Å²) in [5, 5.41) is 14.6. The van der Waals surface area contributed by atoms with Gasteiger partial charge in [0, 0.05) is 17.0 Å². The molecule has 22 heavy (non-hydrogen) atoms. The predicted molar refractivity (Wildman–Crippen MR) is 88.9 cm³/mol. The zero-order valence-electron chi connectivity index (χ0n) is 12.9. The number of nitrogens with one attached hydrogen (secondary N) is 2. The first-order valence-corrected chi connectivity index (χ1v) is 7.36. The number of aromatic nitrogens is 2. The van der Waals surface area contributed by atoms with Crippen LogP contribution < -0.4 is 10.6 Å². The first-order valence-electron chi connectivity index (χ1n) is 6.98. The molecule has 1 heterocycles. The Bertz CT molecular complexity index is 633. The van der Waals surface area contributed by atoms with E-state index >= 15 is 0 Å². The van der Waals surface area contributed by atoms with Crippen molar-refractivity contribution >= 4 is 29.1 Å². The summed E-state index contributed by atoms with van der Waals surface area (Å²) in [6, 6.07) is 11.1. The number of hydrogen-bond acceptors (Lipinski definition) is 4. The van der Waals surface area contributed by atoms with Crippen molar-refractivity contribution in [3.8, 4) is 0 Å². The third-order valence-electron chi connectivity index (χ3n) is 2.97. The Labute approximate surface area is 135 Å². The lowest BCUT2D eigenvalue weighted by molar-refractivity contribution is -0.123. The molecule has 0 atom stereocenters. The standard InChI is InChI=1S/C16H19ClN4O/c1-16(2,3)15(22)19-14-9-8-13(20-21-14)18-10-11-4-6-12(17)7-5-11/h4-9H,10H2,1-3H3,(H,18,20)(H,19,21,22). The van der Waals surface area contributed by atoms with Crippen LogP contribution in [-0.4, -0.2) is 16.1 Å². The van der Waals surface area contributed by atoms with Crippen LogP contribution in [0.2, 0.25) is 5.02 Å². The van der Waals surface area contributed by atoms with Crippen LogP contribution in [0.1, 0.15) is 26.3 Å². The second kappa shape index (κ2) is 6.75. The van der Waals surface area contributed by atoms with Crippen molar-refractivity contribution in [3.05, 3.63) is 47.0 Å². The van der Waals surface area contributed by atoms with Gasteiger partial charge in [0.05, 0.1) is 0 Å². The fraction of sp³-hybridized carbons (Fsp3) is 0.312. The predicted octanol–water partition coefficient (Wildman–Crippen LogP) is 3.73. The summed E-state index contributed by atoms with van der Waals surface area (Å²) in [5.74, 6) is 0.990. The van der Waals surface area contributed by atoms with Gasteiger partial charge in [0.25, 0.3) is 0 Å². The second-order valence-electron chi connectivity index (χ2n) is 5.99. The molecule has 0 fully saturated rings. The molecule has 0 spiro atoms. The quantitative estimate of drug-likeness (QED) is 0.901. The average molecular weight is 319 g/mol. The van der Waals surface area contributed by atoms with Crippen molar-refractivity contribution in [1.29, 1.82) is 0 Å². The van der Waals surface area contributed by atoms with Crippen LogP contribution >= 0.6 is 11.6 Å². The lowest BCUT2D eigenvalue weighted by Gasteiger charge is -2.16. The number of nitrogens with zero attached hydrogens (tertiary/aromatic N) is 2. The van der Waals surface area contributed by atoms with Gasteiger partial charge in [-0.1, -0.05) is 44.5 Å². The minimum atomic E-state index is -0.465. The van der Waals surface area contributed by atoms with E-state index < -0.39 is 5.41 Å². The van der Waals surface area contributed by atoms with Crippen LogP contribution in [0.25, 0.3) is 0 Å². The number of halogens is 1. The van der Waals surface area contributed by atoms with Crippen molar-refractivity contribution in [3.63, 3.8) is 0 Å². The molecule has 0 saturated heterocycles. The molecule has 1 aromatic heterocycles. The van der Waals surface area contributed by atoms with E-state index in [9.17, 15) is 4.79 Å². The van der Waals surface area contributed by atoms with Crippen LogP contribution in [0.4, 0.5) is 11.6 Å². The lowest BCUT2D eigenvalue weighted by Crippen LogP contribution is -2.28. The molecule has 2 N–H and O–H groups in total. The smallest absolute Gasteiger partial charge is 0.230 e. The van der Waals surface area contributed by atoms with Gasteiger partial charge in [-0.25, -0.2) is 0 Å². The fourth-order valence-electron chi connectivity index (χ4n) is 1.59. The molecule has 1 aromatic carbocycles. The Morgan fingerprint density at radius 3 is 2.18 bits per heavy atom. The first kappa shape index (κ1) is 16.2. The third kappa shape index (κ3) is 4.70. The molecule has 0 aliphatic carbocycles. The highest BCUT2D eigenvalue weighted by Gasteiger charge is 2.21. The van der Waals surface area contributed by atoms with Gasteiger partial charge in [-0.15, -0.1) is 10.2 Å². The Hall–Kier alpha value is -2.14. The highest BCUT2D eigenvalue weighted by atomic mass is 35.5. The van der Waals surface area contributed by atoms with Gasteiger partial charge in [-0.3, -0.25) is 4.79 Å². The molecule has 6 heteroatoms. The van der Waals surface area contributed by atoms with E-state index in [1.165, 1.54) is 0 Å². The highest BCUT2D eigenvalue weighted by Crippen LogP contribution is 2.16. The Balaban J connectivity index is 1.92. The van der Waals surface area contributed by atoms with E-state index in [1.54, 1.807) is 12.1 Å². The van der Waals surface area contributed by atoms with Crippen LogP contribution in [0, 0.1) is 5.41 Å². The summed E-state index contributed by atoms with van der Waals surface area (Å²) in [6.45, 7) is 6.16. The van der Waals surface area contributed by atoms with Crippen molar-refractivity contribution in [2.24, 2.45) is 5.41 Å². The maximum atomic E-state index is 11.9. The van der Waals surface area contributed by atoms with Crippen molar-refractivity contribution in [1.82, 2.24) is 10.2 Å². The Morgan fingerprint density at radius 2 is 1.64 bits per heavy atom. The Kier molecular flexibility index (Phi) is 4.98. The molecule has 0 bridgehead atoms. The second-order valence-corrected chi connectivity index (χ2v) is 6.42. The lowest BCUT2D eigenvalue weighted by atomic mass is 9.96. The van der Waals surface area contributed by atoms with Crippen LogP contribution in [-0.2, 0) is 11.3 Å². The third-order valence-corrected chi connectivity index (χ3v) is 3.23. The van der Waals surface area contributed by atoms with Crippen LogP contribution in [0.5, 0.6) is 0 Å². The number of amides is 1. The molecule has 0 aliphatic heterocycles. The number of rotatable bonds is 4. The molecule has 0 unspecified atom stereocenters. The van der Waals surface area contributed by atoms with E-state index in [-0.39, 0.29) is 5.91 Å². The van der Waals surface area contributed by atoms with E-state index in [0.29, 0.717) is 23.2 Å². The minimum Gasteiger partial charge on any atom is -0.365 e. The molecular weight excluding hydrogens is 300 g/mol. The SMILES string of the molecule is CC(C)(C)C(=O)Nc1ccc(NCc2ccc(Cl)cc2)nn1. The molecule has 116 valence electrons. The van der Waals surface area contributed by atoms with Gasteiger partial charge in [-0.2, -0.15) is 0 Å². The fourth-order valence-corrected chi connectivity index (χ4v) is 1.72. The first-order chi connectivity index (χ1) is 10.3. The van der Waals surface area contributed by atoms with Gasteiger partial charge in [-0.05, 0) is 29.8 Å². The van der Waals surface area contributed by atoms with Gasteiger partial charge in [0.15, 0.2) is 5.82 Å². The van der Waals surface area contributed by atoms with Crippen LogP contribution in [0.15, 0.2) is 36.4 Å². The van der Waals surface area contributed by atoms with Gasteiger partial charge in [0.1, 0.15) is 5.82 Å². The topological polar surface area (TPSA) is 66.9 Å². The maximum absolute atomic E-state index is 11.9. The molecule has 0 saturated carbocycles. The molecule has 0 aliphatic rings. The largest absolute Gasteiger partial charge is 0.365 e. The summed E-state index contributed by atoms with van der Waals surface area (Å²) in [5.41, 5.74) is 0.629. The van der Waals surface area contributed by atoms with Gasteiger partial charge in [0.2, 0.25) is 5.91 Å².